The van der Waals surface area contributed by atoms with Gasteiger partial charge in [0, 0.05) is 18.3 Å². The van der Waals surface area contributed by atoms with Gasteiger partial charge in [0.05, 0.1) is 5.92 Å². The summed E-state index contributed by atoms with van der Waals surface area (Å²) in [7, 11) is 0. The lowest BCUT2D eigenvalue weighted by atomic mass is 9.96. The van der Waals surface area contributed by atoms with Crippen LogP contribution in [0.5, 0.6) is 0 Å². The molecule has 0 fully saturated rings. The van der Waals surface area contributed by atoms with E-state index in [4.69, 9.17) is 0 Å². The first kappa shape index (κ1) is 14.5. The molecule has 0 radical (unpaired) electrons. The maximum absolute atomic E-state index is 3.43. The molecule has 1 aromatic carbocycles. The molecular formula is C19H23N. The van der Waals surface area contributed by atoms with Crippen LogP contribution in [0.15, 0.2) is 48.7 Å². The highest BCUT2D eigenvalue weighted by Gasteiger charge is 2.11. The molecule has 0 aliphatic carbocycles. The van der Waals surface area contributed by atoms with E-state index in [1.54, 1.807) is 0 Å². The van der Waals surface area contributed by atoms with E-state index in [1.807, 2.05) is 18.3 Å². The first-order chi connectivity index (χ1) is 9.92. The molecule has 1 heterocycles. The number of H-pyrrole nitrogens is 1. The Morgan fingerprint density at radius 2 is 1.85 bits per heavy atom. The molecule has 0 aliphatic rings. The summed E-state index contributed by atoms with van der Waals surface area (Å²) in [6.45, 7) is 2.24. The van der Waals surface area contributed by atoms with Crippen molar-refractivity contribution in [2.45, 2.75) is 44.9 Å². The van der Waals surface area contributed by atoms with Crippen LogP contribution in [0, 0.1) is 11.8 Å². The van der Waals surface area contributed by atoms with E-state index in [2.05, 4.69) is 54.1 Å². The number of unbranched alkanes of at least 4 members (excludes halogenated alkanes) is 4. The van der Waals surface area contributed by atoms with Crippen LogP contribution in [-0.4, -0.2) is 4.98 Å². The summed E-state index contributed by atoms with van der Waals surface area (Å²) < 4.78 is 0. The summed E-state index contributed by atoms with van der Waals surface area (Å²) in [4.78, 5) is 3.29. The summed E-state index contributed by atoms with van der Waals surface area (Å²) >= 11 is 0. The fourth-order valence-corrected chi connectivity index (χ4v) is 2.32. The van der Waals surface area contributed by atoms with Crippen molar-refractivity contribution in [1.82, 2.24) is 4.98 Å². The van der Waals surface area contributed by atoms with Crippen LogP contribution in [0.4, 0.5) is 0 Å². The number of aromatic amines is 1. The molecule has 1 aromatic heterocycles. The van der Waals surface area contributed by atoms with Gasteiger partial charge in [0.15, 0.2) is 0 Å². The molecule has 0 aliphatic heterocycles. The zero-order chi connectivity index (χ0) is 14.0. The first-order valence-electron chi connectivity index (χ1n) is 7.58. The highest BCUT2D eigenvalue weighted by molar-refractivity contribution is 5.37. The number of hydrogen-bond donors (Lipinski definition) is 1. The highest BCUT2D eigenvalue weighted by Crippen LogP contribution is 2.22. The second kappa shape index (κ2) is 8.27. The van der Waals surface area contributed by atoms with Crippen LogP contribution in [0.3, 0.4) is 0 Å². The van der Waals surface area contributed by atoms with E-state index in [9.17, 15) is 0 Å². The van der Waals surface area contributed by atoms with E-state index in [-0.39, 0.29) is 5.92 Å². The van der Waals surface area contributed by atoms with Crippen molar-refractivity contribution < 1.29 is 0 Å². The minimum atomic E-state index is 0.164. The third-order valence-electron chi connectivity index (χ3n) is 3.47. The van der Waals surface area contributed by atoms with Crippen LogP contribution in [0.25, 0.3) is 0 Å². The van der Waals surface area contributed by atoms with Crippen LogP contribution in [0.1, 0.15) is 56.2 Å². The second-order valence-electron chi connectivity index (χ2n) is 5.10. The van der Waals surface area contributed by atoms with Crippen LogP contribution >= 0.6 is 0 Å². The zero-order valence-electron chi connectivity index (χ0n) is 12.2. The molecule has 1 unspecified atom stereocenters. The first-order valence-corrected chi connectivity index (χ1v) is 7.58. The summed E-state index contributed by atoms with van der Waals surface area (Å²) in [5.41, 5.74) is 2.44. The molecule has 20 heavy (non-hydrogen) atoms. The summed E-state index contributed by atoms with van der Waals surface area (Å²) in [5, 5.41) is 0. The van der Waals surface area contributed by atoms with Gasteiger partial charge in [-0.05, 0) is 24.1 Å². The minimum Gasteiger partial charge on any atom is -0.364 e. The Hall–Kier alpha value is -1.94. The third-order valence-corrected chi connectivity index (χ3v) is 3.47. The Labute approximate surface area is 122 Å². The number of rotatable bonds is 6. The van der Waals surface area contributed by atoms with Crippen molar-refractivity contribution in [1.29, 1.82) is 0 Å². The van der Waals surface area contributed by atoms with E-state index < -0.39 is 0 Å². The van der Waals surface area contributed by atoms with Gasteiger partial charge < -0.3 is 4.98 Å². The lowest BCUT2D eigenvalue weighted by molar-refractivity contribution is 0.679. The Morgan fingerprint density at radius 1 is 1.00 bits per heavy atom. The normalized spacial score (nSPS) is 11.7. The van der Waals surface area contributed by atoms with Gasteiger partial charge in [-0.15, -0.1) is 5.92 Å². The second-order valence-corrected chi connectivity index (χ2v) is 5.10. The van der Waals surface area contributed by atoms with Gasteiger partial charge in [-0.1, -0.05) is 62.4 Å². The number of nitrogens with one attached hydrogen (secondary N) is 1. The Bertz CT molecular complexity index is 528. The van der Waals surface area contributed by atoms with Gasteiger partial charge in [-0.2, -0.15) is 0 Å². The Kier molecular flexibility index (Phi) is 5.99. The summed E-state index contributed by atoms with van der Waals surface area (Å²) in [6.07, 6.45) is 8.08. The summed E-state index contributed by atoms with van der Waals surface area (Å²) in [6, 6.07) is 14.7. The van der Waals surface area contributed by atoms with E-state index in [0.29, 0.717) is 0 Å². The lowest BCUT2D eigenvalue weighted by Gasteiger charge is -2.09. The maximum atomic E-state index is 3.43. The Morgan fingerprint density at radius 3 is 2.55 bits per heavy atom. The average Bonchev–Trinajstić information content (AvgIpc) is 3.01. The molecule has 1 N–H and O–H groups in total. The molecular weight excluding hydrogens is 242 g/mol. The van der Waals surface area contributed by atoms with E-state index in [1.165, 1.54) is 36.9 Å². The third kappa shape index (κ3) is 4.31. The molecule has 2 rings (SSSR count). The molecule has 0 saturated carbocycles. The highest BCUT2D eigenvalue weighted by atomic mass is 14.7. The minimum absolute atomic E-state index is 0.164. The van der Waals surface area contributed by atoms with Gasteiger partial charge in [0.2, 0.25) is 0 Å². The van der Waals surface area contributed by atoms with Gasteiger partial charge in [-0.25, -0.2) is 0 Å². The van der Waals surface area contributed by atoms with Gasteiger partial charge in [0.1, 0.15) is 0 Å². The largest absolute Gasteiger partial charge is 0.364 e. The van der Waals surface area contributed by atoms with Gasteiger partial charge in [0.25, 0.3) is 0 Å². The Balaban J connectivity index is 2.03. The number of aromatic nitrogens is 1. The van der Waals surface area contributed by atoms with Gasteiger partial charge in [-0.3, -0.25) is 0 Å². The van der Waals surface area contributed by atoms with Crippen molar-refractivity contribution in [2.24, 2.45) is 0 Å². The number of benzene rings is 1. The molecule has 0 bridgehead atoms. The molecule has 1 nitrogen and oxygen atoms in total. The van der Waals surface area contributed by atoms with Crippen molar-refractivity contribution in [3.8, 4) is 11.8 Å². The predicted octanol–water partition coefficient (Wildman–Crippen LogP) is 5.12. The predicted molar refractivity (Wildman–Crippen MR) is 85.6 cm³/mol. The molecule has 104 valence electrons. The molecule has 2 aromatic rings. The van der Waals surface area contributed by atoms with Crippen molar-refractivity contribution in [3.05, 3.63) is 59.9 Å². The molecule has 0 saturated heterocycles. The topological polar surface area (TPSA) is 15.8 Å². The quantitative estimate of drug-likeness (QED) is 0.551. The molecule has 1 heteroatoms. The van der Waals surface area contributed by atoms with Crippen LogP contribution < -0.4 is 0 Å². The van der Waals surface area contributed by atoms with Crippen molar-refractivity contribution in [3.63, 3.8) is 0 Å². The lowest BCUT2D eigenvalue weighted by Crippen LogP contribution is -1.98. The van der Waals surface area contributed by atoms with Crippen LogP contribution in [0.2, 0.25) is 0 Å². The maximum Gasteiger partial charge on any atom is 0.0851 e. The monoisotopic (exact) mass is 265 g/mol. The van der Waals surface area contributed by atoms with E-state index in [0.717, 1.165) is 6.42 Å². The molecule has 0 amide bonds. The SMILES string of the molecule is CCCCCCC#CC(c1ccccc1)c1ccc[nH]1. The zero-order valence-corrected chi connectivity index (χ0v) is 12.2. The van der Waals surface area contributed by atoms with E-state index >= 15 is 0 Å². The standard InChI is InChI=1S/C19H23N/c1-2-3-4-5-6-10-14-18(19-15-11-16-20-19)17-12-8-7-9-13-17/h7-9,11-13,15-16,18,20H,2-6H2,1H3. The average molecular weight is 265 g/mol. The molecule has 0 spiro atoms. The smallest absolute Gasteiger partial charge is 0.0851 e. The fourth-order valence-electron chi connectivity index (χ4n) is 2.32. The van der Waals surface area contributed by atoms with Crippen molar-refractivity contribution >= 4 is 0 Å². The van der Waals surface area contributed by atoms with Crippen molar-refractivity contribution in [2.75, 3.05) is 0 Å². The molecule has 1 atom stereocenters. The number of hydrogen-bond acceptors (Lipinski definition) is 0. The summed E-state index contributed by atoms with van der Waals surface area (Å²) in [5.74, 6) is 6.96. The van der Waals surface area contributed by atoms with Gasteiger partial charge >= 0.3 is 0 Å². The van der Waals surface area contributed by atoms with Crippen LogP contribution in [-0.2, 0) is 0 Å². The fraction of sp³-hybridized carbons (Fsp3) is 0.368.